The number of benzene rings is 2. The fraction of sp³-hybridized carbons (Fsp3) is 0.0909. The van der Waals surface area contributed by atoms with Crippen molar-refractivity contribution in [1.82, 2.24) is 4.98 Å². The summed E-state index contributed by atoms with van der Waals surface area (Å²) in [6.45, 7) is 0.759. The van der Waals surface area contributed by atoms with E-state index in [9.17, 15) is 5.26 Å². The van der Waals surface area contributed by atoms with Crippen LogP contribution in [0.25, 0.3) is 11.7 Å². The molecule has 0 aliphatic heterocycles. The number of aromatic nitrogens is 1. The van der Waals surface area contributed by atoms with Crippen LogP contribution in [-0.4, -0.2) is 4.98 Å². The second kappa shape index (κ2) is 8.55. The van der Waals surface area contributed by atoms with Gasteiger partial charge in [-0.2, -0.15) is 10.2 Å². The summed E-state index contributed by atoms with van der Waals surface area (Å²) < 4.78 is 17.1. The molecule has 29 heavy (non-hydrogen) atoms. The highest BCUT2D eigenvalue weighted by atomic mass is 35.5. The molecule has 6 nitrogen and oxygen atoms in total. The zero-order valence-corrected chi connectivity index (χ0v) is 16.0. The summed E-state index contributed by atoms with van der Waals surface area (Å²) >= 11 is 5.86. The molecule has 0 amide bonds. The molecule has 144 valence electrons. The molecule has 0 aliphatic rings. The second-order valence-electron chi connectivity index (χ2n) is 6.16. The number of halogens is 1. The van der Waals surface area contributed by atoms with E-state index in [0.717, 1.165) is 5.56 Å². The van der Waals surface area contributed by atoms with Crippen LogP contribution in [0.1, 0.15) is 17.0 Å². The quantitative estimate of drug-likeness (QED) is 0.427. The molecule has 4 aromatic rings. The first-order valence-corrected chi connectivity index (χ1v) is 9.25. The Morgan fingerprint density at radius 2 is 1.79 bits per heavy atom. The van der Waals surface area contributed by atoms with Gasteiger partial charge in [-0.15, -0.1) is 0 Å². The maximum Gasteiger partial charge on any atom is 0.266 e. The van der Waals surface area contributed by atoms with E-state index in [-0.39, 0.29) is 18.2 Å². The summed E-state index contributed by atoms with van der Waals surface area (Å²) in [5.74, 6) is 2.24. The van der Waals surface area contributed by atoms with Crippen molar-refractivity contribution >= 4 is 17.5 Å². The number of nitrogens with one attached hydrogen (secondary N) is 1. The molecule has 0 saturated carbocycles. The lowest BCUT2D eigenvalue weighted by Gasteiger charge is -2.03. The summed E-state index contributed by atoms with van der Waals surface area (Å²) in [5.41, 5.74) is 1.24. The molecule has 0 fully saturated rings. The average Bonchev–Trinajstić information content (AvgIpc) is 3.39. The zero-order chi connectivity index (χ0) is 20.1. The number of nitrogens with zero attached hydrogens (tertiary/aromatic N) is 2. The van der Waals surface area contributed by atoms with Crippen LogP contribution in [0.2, 0.25) is 5.02 Å². The molecule has 2 aromatic carbocycles. The molecule has 0 bridgehead atoms. The van der Waals surface area contributed by atoms with Gasteiger partial charge in [-0.3, -0.25) is 0 Å². The van der Waals surface area contributed by atoms with Gasteiger partial charge in [0.25, 0.3) is 5.89 Å². The van der Waals surface area contributed by atoms with Gasteiger partial charge >= 0.3 is 0 Å². The Hall–Kier alpha value is -3.69. The van der Waals surface area contributed by atoms with Crippen molar-refractivity contribution in [2.75, 3.05) is 5.32 Å². The predicted molar refractivity (Wildman–Crippen MR) is 108 cm³/mol. The summed E-state index contributed by atoms with van der Waals surface area (Å²) in [6.07, 6.45) is 0. The summed E-state index contributed by atoms with van der Waals surface area (Å²) in [5, 5.41) is 13.1. The van der Waals surface area contributed by atoms with E-state index in [1.807, 2.05) is 36.4 Å². The average molecular weight is 406 g/mol. The third-order valence-corrected chi connectivity index (χ3v) is 4.35. The van der Waals surface area contributed by atoms with Crippen molar-refractivity contribution in [3.8, 4) is 23.5 Å². The van der Waals surface area contributed by atoms with Gasteiger partial charge in [0, 0.05) is 11.6 Å². The SMILES string of the molecule is N#Cc1nc(-c2ccc(COc3ccc(Cl)cc3)o2)oc1NCc1ccccc1. The molecule has 7 heteroatoms. The van der Waals surface area contributed by atoms with Crippen LogP contribution in [0.4, 0.5) is 5.88 Å². The Morgan fingerprint density at radius 3 is 2.55 bits per heavy atom. The van der Waals surface area contributed by atoms with Crippen molar-refractivity contribution in [3.63, 3.8) is 0 Å². The van der Waals surface area contributed by atoms with E-state index >= 15 is 0 Å². The van der Waals surface area contributed by atoms with E-state index in [1.165, 1.54) is 0 Å². The number of hydrogen-bond acceptors (Lipinski definition) is 6. The van der Waals surface area contributed by atoms with Crippen molar-refractivity contribution in [1.29, 1.82) is 5.26 Å². The van der Waals surface area contributed by atoms with E-state index in [1.54, 1.807) is 36.4 Å². The lowest BCUT2D eigenvalue weighted by atomic mass is 10.2. The second-order valence-corrected chi connectivity index (χ2v) is 6.59. The number of anilines is 1. The van der Waals surface area contributed by atoms with E-state index in [4.69, 9.17) is 25.2 Å². The number of oxazole rings is 1. The van der Waals surface area contributed by atoms with Gasteiger partial charge in [0.15, 0.2) is 5.76 Å². The standard InChI is InChI=1S/C22H16ClN3O3/c23-16-6-8-17(9-7-16)27-14-18-10-11-20(28-18)22-26-19(12-24)21(29-22)25-13-15-4-2-1-3-5-15/h1-11,25H,13-14H2. The summed E-state index contributed by atoms with van der Waals surface area (Å²) in [4.78, 5) is 4.21. The maximum absolute atomic E-state index is 9.34. The topological polar surface area (TPSA) is 84.2 Å². The molecule has 2 heterocycles. The smallest absolute Gasteiger partial charge is 0.266 e. The van der Waals surface area contributed by atoms with E-state index in [0.29, 0.717) is 34.7 Å². The Kier molecular flexibility index (Phi) is 5.50. The highest BCUT2D eigenvalue weighted by Gasteiger charge is 2.17. The highest BCUT2D eigenvalue weighted by Crippen LogP contribution is 2.28. The Labute approximate surface area is 172 Å². The van der Waals surface area contributed by atoms with Crippen molar-refractivity contribution < 1.29 is 13.6 Å². The number of nitriles is 1. The van der Waals surface area contributed by atoms with Crippen molar-refractivity contribution in [3.05, 3.63) is 88.8 Å². The number of ether oxygens (including phenoxy) is 1. The normalized spacial score (nSPS) is 10.5. The van der Waals surface area contributed by atoms with Gasteiger partial charge in [0.05, 0.1) is 0 Å². The first-order valence-electron chi connectivity index (χ1n) is 8.87. The largest absolute Gasteiger partial charge is 0.486 e. The molecule has 0 spiro atoms. The third-order valence-electron chi connectivity index (χ3n) is 4.10. The van der Waals surface area contributed by atoms with Gasteiger partial charge in [0.1, 0.15) is 24.2 Å². The molecule has 0 radical (unpaired) electrons. The first kappa shape index (κ1) is 18.7. The molecule has 4 rings (SSSR count). The van der Waals surface area contributed by atoms with Gasteiger partial charge < -0.3 is 18.9 Å². The molecule has 0 atom stereocenters. The minimum absolute atomic E-state index is 0.172. The fourth-order valence-electron chi connectivity index (χ4n) is 2.66. The number of hydrogen-bond donors (Lipinski definition) is 1. The summed E-state index contributed by atoms with van der Waals surface area (Å²) in [6, 6.07) is 22.4. The lowest BCUT2D eigenvalue weighted by Crippen LogP contribution is -1.99. The van der Waals surface area contributed by atoms with Crippen LogP contribution < -0.4 is 10.1 Å². The third kappa shape index (κ3) is 4.60. The van der Waals surface area contributed by atoms with Gasteiger partial charge in [-0.1, -0.05) is 41.9 Å². The van der Waals surface area contributed by atoms with E-state index in [2.05, 4.69) is 10.3 Å². The van der Waals surface area contributed by atoms with E-state index < -0.39 is 0 Å². The molecule has 0 aliphatic carbocycles. The molecule has 0 unspecified atom stereocenters. The Morgan fingerprint density at radius 1 is 1.00 bits per heavy atom. The fourth-order valence-corrected chi connectivity index (χ4v) is 2.78. The van der Waals surface area contributed by atoms with Gasteiger partial charge in [-0.25, -0.2) is 0 Å². The van der Waals surface area contributed by atoms with Crippen molar-refractivity contribution in [2.24, 2.45) is 0 Å². The highest BCUT2D eigenvalue weighted by molar-refractivity contribution is 6.30. The Bertz CT molecular complexity index is 1130. The number of rotatable bonds is 7. The van der Waals surface area contributed by atoms with Gasteiger partial charge in [-0.05, 0) is 42.0 Å². The van der Waals surface area contributed by atoms with Crippen LogP contribution >= 0.6 is 11.6 Å². The van der Waals surface area contributed by atoms with Crippen LogP contribution in [0.15, 0.2) is 75.6 Å². The van der Waals surface area contributed by atoms with Crippen molar-refractivity contribution in [2.45, 2.75) is 13.2 Å². The van der Waals surface area contributed by atoms with Gasteiger partial charge in [0.2, 0.25) is 11.6 Å². The number of furan rings is 1. The zero-order valence-electron chi connectivity index (χ0n) is 15.3. The minimum Gasteiger partial charge on any atom is -0.486 e. The minimum atomic E-state index is 0.172. The molecular formula is C22H16ClN3O3. The molecular weight excluding hydrogens is 390 g/mol. The molecule has 2 aromatic heterocycles. The molecule has 0 saturated heterocycles. The van der Waals surface area contributed by atoms with Crippen LogP contribution in [0.5, 0.6) is 5.75 Å². The monoisotopic (exact) mass is 405 g/mol. The maximum atomic E-state index is 9.34. The van der Waals surface area contributed by atoms with Crippen LogP contribution in [-0.2, 0) is 13.2 Å². The lowest BCUT2D eigenvalue weighted by molar-refractivity contribution is 0.271. The van der Waals surface area contributed by atoms with Crippen LogP contribution in [0.3, 0.4) is 0 Å². The Balaban J connectivity index is 1.44. The first-order chi connectivity index (χ1) is 14.2. The predicted octanol–water partition coefficient (Wildman–Crippen LogP) is 5.65. The molecule has 1 N–H and O–H groups in total. The van der Waals surface area contributed by atoms with Crippen LogP contribution in [0, 0.1) is 11.3 Å². The summed E-state index contributed by atoms with van der Waals surface area (Å²) in [7, 11) is 0.